The van der Waals surface area contributed by atoms with Crippen molar-refractivity contribution in [3.05, 3.63) is 119 Å². The fourth-order valence-corrected chi connectivity index (χ4v) is 4.94. The second-order valence-corrected chi connectivity index (χ2v) is 10.1. The molecule has 3 heterocycles. The first kappa shape index (κ1) is 25.2. The molecule has 0 aliphatic rings. The van der Waals surface area contributed by atoms with E-state index >= 15 is 0 Å². The summed E-state index contributed by atoms with van der Waals surface area (Å²) < 4.78 is 8.47. The number of anilines is 2. The van der Waals surface area contributed by atoms with Crippen LogP contribution in [0, 0.1) is 27.7 Å². The molecule has 6 aromatic rings. The van der Waals surface area contributed by atoms with Gasteiger partial charge in [-0.25, -0.2) is 4.98 Å². The van der Waals surface area contributed by atoms with Crippen molar-refractivity contribution in [3.63, 3.8) is 0 Å². The smallest absolute Gasteiger partial charge is 0.250 e. The van der Waals surface area contributed by atoms with Gasteiger partial charge in [0.1, 0.15) is 5.75 Å². The molecule has 0 fully saturated rings. The van der Waals surface area contributed by atoms with Crippen LogP contribution in [0.5, 0.6) is 11.6 Å². The number of fused-ring (bicyclic) bond motifs is 1. The zero-order valence-electron chi connectivity index (χ0n) is 23.0. The third-order valence-electron chi connectivity index (χ3n) is 6.91. The van der Waals surface area contributed by atoms with Gasteiger partial charge in [0.15, 0.2) is 11.2 Å². The highest BCUT2D eigenvalue weighted by atomic mass is 16.5. The van der Waals surface area contributed by atoms with Crippen LogP contribution in [0.4, 0.5) is 11.6 Å². The lowest BCUT2D eigenvalue weighted by atomic mass is 10.1. The summed E-state index contributed by atoms with van der Waals surface area (Å²) in [5, 5.41) is 3.42. The summed E-state index contributed by atoms with van der Waals surface area (Å²) >= 11 is 0. The molecule has 40 heavy (non-hydrogen) atoms. The molecule has 3 aromatic carbocycles. The van der Waals surface area contributed by atoms with Gasteiger partial charge in [-0.1, -0.05) is 59.7 Å². The van der Waals surface area contributed by atoms with Crippen LogP contribution in [0.25, 0.3) is 22.3 Å². The minimum atomic E-state index is 0.437. The molecule has 0 aliphatic heterocycles. The van der Waals surface area contributed by atoms with Crippen molar-refractivity contribution >= 4 is 22.8 Å². The van der Waals surface area contributed by atoms with Gasteiger partial charge < -0.3 is 14.6 Å². The Labute approximate surface area is 233 Å². The van der Waals surface area contributed by atoms with Crippen molar-refractivity contribution in [2.75, 3.05) is 5.32 Å². The van der Waals surface area contributed by atoms with Gasteiger partial charge in [-0.2, -0.15) is 9.97 Å². The van der Waals surface area contributed by atoms with Crippen LogP contribution >= 0.6 is 0 Å². The molecule has 0 saturated heterocycles. The van der Waals surface area contributed by atoms with Crippen molar-refractivity contribution < 1.29 is 4.74 Å². The molecule has 0 amide bonds. The minimum absolute atomic E-state index is 0.437. The number of imidazole rings is 1. The van der Waals surface area contributed by atoms with E-state index in [-0.39, 0.29) is 0 Å². The van der Waals surface area contributed by atoms with E-state index in [0.29, 0.717) is 29.8 Å². The number of nitrogens with zero attached hydrogens (tertiary/aromatic N) is 5. The summed E-state index contributed by atoms with van der Waals surface area (Å²) in [5.41, 5.74) is 10.3. The maximum Gasteiger partial charge on any atom is 0.250 e. The van der Waals surface area contributed by atoms with E-state index < -0.39 is 0 Å². The molecule has 7 nitrogen and oxygen atoms in total. The third-order valence-corrected chi connectivity index (χ3v) is 6.91. The van der Waals surface area contributed by atoms with Crippen molar-refractivity contribution in [1.29, 1.82) is 0 Å². The van der Waals surface area contributed by atoms with Crippen molar-refractivity contribution in [2.45, 2.75) is 34.2 Å². The van der Waals surface area contributed by atoms with Crippen LogP contribution in [0.3, 0.4) is 0 Å². The zero-order valence-corrected chi connectivity index (χ0v) is 23.0. The number of hydrogen-bond acceptors (Lipinski definition) is 6. The van der Waals surface area contributed by atoms with Crippen LogP contribution < -0.4 is 10.1 Å². The minimum Gasteiger partial charge on any atom is -0.437 e. The Morgan fingerprint density at radius 3 is 2.12 bits per heavy atom. The van der Waals surface area contributed by atoms with Crippen LogP contribution in [0.15, 0.2) is 91.5 Å². The topological polar surface area (TPSA) is 77.8 Å². The second kappa shape index (κ2) is 10.6. The van der Waals surface area contributed by atoms with Gasteiger partial charge in [0.25, 0.3) is 5.88 Å². The predicted molar refractivity (Wildman–Crippen MR) is 159 cm³/mol. The van der Waals surface area contributed by atoms with Crippen LogP contribution in [0.1, 0.15) is 27.8 Å². The summed E-state index contributed by atoms with van der Waals surface area (Å²) in [6, 6.07) is 24.7. The van der Waals surface area contributed by atoms with Gasteiger partial charge in [0, 0.05) is 24.6 Å². The van der Waals surface area contributed by atoms with Gasteiger partial charge >= 0.3 is 0 Å². The normalized spacial score (nSPS) is 11.1. The lowest BCUT2D eigenvalue weighted by Crippen LogP contribution is -2.05. The molecule has 0 bridgehead atoms. The lowest BCUT2D eigenvalue weighted by Gasteiger charge is -2.15. The highest BCUT2D eigenvalue weighted by Gasteiger charge is 2.18. The standard InChI is InChI=1S/C33H30N6O/c1-21-5-7-25(8-6-21)19-39-20-35-31-30(39)32(38-33(37-31)36-29-23(3)17-22(2)18-24(29)4)40-28-11-9-26(10-12-28)27-13-15-34-16-14-27/h5-18,20H,19H2,1-4H3,(H,36,37,38). The number of nitrogens with one attached hydrogen (secondary N) is 1. The van der Waals surface area contributed by atoms with E-state index in [2.05, 4.69) is 79.4 Å². The fourth-order valence-electron chi connectivity index (χ4n) is 4.94. The van der Waals surface area contributed by atoms with Gasteiger partial charge in [-0.05, 0) is 79.8 Å². The van der Waals surface area contributed by atoms with E-state index in [1.807, 2.05) is 41.0 Å². The molecule has 0 unspecified atom stereocenters. The molecule has 0 aliphatic carbocycles. The lowest BCUT2D eigenvalue weighted by molar-refractivity contribution is 0.466. The zero-order chi connectivity index (χ0) is 27.6. The third kappa shape index (κ3) is 5.27. The van der Waals surface area contributed by atoms with E-state index in [4.69, 9.17) is 14.7 Å². The molecule has 0 radical (unpaired) electrons. The van der Waals surface area contributed by atoms with Crippen LogP contribution in [-0.2, 0) is 6.54 Å². The van der Waals surface area contributed by atoms with Crippen LogP contribution in [0.2, 0.25) is 0 Å². The van der Waals surface area contributed by atoms with Crippen molar-refractivity contribution in [2.24, 2.45) is 0 Å². The Morgan fingerprint density at radius 1 is 0.750 bits per heavy atom. The van der Waals surface area contributed by atoms with Gasteiger partial charge in [0.05, 0.1) is 6.33 Å². The number of aromatic nitrogens is 5. The molecule has 0 spiro atoms. The number of aryl methyl sites for hydroxylation is 4. The molecular formula is C33H30N6O. The summed E-state index contributed by atoms with van der Waals surface area (Å²) in [7, 11) is 0. The highest BCUT2D eigenvalue weighted by molar-refractivity contribution is 5.79. The Hall–Kier alpha value is -5.04. The van der Waals surface area contributed by atoms with Crippen molar-refractivity contribution in [1.82, 2.24) is 24.5 Å². The van der Waals surface area contributed by atoms with Gasteiger partial charge in [0.2, 0.25) is 5.95 Å². The first-order valence-corrected chi connectivity index (χ1v) is 13.2. The molecular weight excluding hydrogens is 496 g/mol. The first-order chi connectivity index (χ1) is 19.4. The van der Waals surface area contributed by atoms with Crippen molar-refractivity contribution in [3.8, 4) is 22.8 Å². The maximum atomic E-state index is 6.43. The Kier molecular flexibility index (Phi) is 6.70. The number of rotatable bonds is 7. The maximum absolute atomic E-state index is 6.43. The Bertz CT molecular complexity index is 1770. The average Bonchev–Trinajstić information content (AvgIpc) is 3.35. The quantitative estimate of drug-likeness (QED) is 0.230. The van der Waals surface area contributed by atoms with Crippen LogP contribution in [-0.4, -0.2) is 24.5 Å². The molecule has 1 N–H and O–H groups in total. The number of ether oxygens (including phenoxy) is 1. The highest BCUT2D eigenvalue weighted by Crippen LogP contribution is 2.32. The largest absolute Gasteiger partial charge is 0.437 e. The Morgan fingerprint density at radius 2 is 1.43 bits per heavy atom. The van der Waals surface area contributed by atoms with Gasteiger partial charge in [-0.3, -0.25) is 4.98 Å². The molecule has 7 heteroatoms. The molecule has 3 aromatic heterocycles. The predicted octanol–water partition coefficient (Wildman–Crippen LogP) is 7.71. The average molecular weight is 527 g/mol. The number of hydrogen-bond donors (Lipinski definition) is 1. The number of benzene rings is 3. The molecule has 6 rings (SSSR count). The van der Waals surface area contributed by atoms with E-state index in [0.717, 1.165) is 39.0 Å². The molecule has 0 atom stereocenters. The summed E-state index contributed by atoms with van der Waals surface area (Å²) in [4.78, 5) is 18.4. The molecule has 0 saturated carbocycles. The first-order valence-electron chi connectivity index (χ1n) is 13.2. The SMILES string of the molecule is Cc1ccc(Cn2cnc3nc(Nc4c(C)cc(C)cc4C)nc(Oc4ccc(-c5ccncc5)cc4)c32)cc1. The van der Waals surface area contributed by atoms with Gasteiger partial charge in [-0.15, -0.1) is 0 Å². The summed E-state index contributed by atoms with van der Waals surface area (Å²) in [6.45, 7) is 8.97. The molecule has 198 valence electrons. The second-order valence-electron chi connectivity index (χ2n) is 10.1. The summed E-state index contributed by atoms with van der Waals surface area (Å²) in [6.07, 6.45) is 5.38. The van der Waals surface area contributed by atoms with E-state index in [1.165, 1.54) is 11.1 Å². The number of pyridine rings is 1. The summed E-state index contributed by atoms with van der Waals surface area (Å²) in [5.74, 6) is 1.55. The monoisotopic (exact) mass is 526 g/mol. The Balaban J connectivity index is 1.39. The van der Waals surface area contributed by atoms with E-state index in [1.54, 1.807) is 18.7 Å². The van der Waals surface area contributed by atoms with E-state index in [9.17, 15) is 0 Å². The fraction of sp³-hybridized carbons (Fsp3) is 0.152.